The Morgan fingerprint density at radius 1 is 1.25 bits per heavy atom. The van der Waals surface area contributed by atoms with Gasteiger partial charge in [0.1, 0.15) is 4.99 Å². The zero-order valence-corrected chi connectivity index (χ0v) is 13.0. The predicted molar refractivity (Wildman–Crippen MR) is 86.1 cm³/mol. The number of nitrogens with one attached hydrogen (secondary N) is 1. The molecule has 3 N–H and O–H groups in total. The van der Waals surface area contributed by atoms with Crippen LogP contribution in [0.15, 0.2) is 41.8 Å². The molecule has 1 aromatic heterocycles. The monoisotopic (exact) mass is 326 g/mol. The molecule has 1 heterocycles. The number of nitrogens with two attached hydrogens (primary N) is 1. The van der Waals surface area contributed by atoms with Gasteiger partial charge in [-0.2, -0.15) is 0 Å². The Kier molecular flexibility index (Phi) is 4.87. The third-order valence-corrected chi connectivity index (χ3v) is 5.05. The zero-order valence-electron chi connectivity index (χ0n) is 10.6. The summed E-state index contributed by atoms with van der Waals surface area (Å²) in [6, 6.07) is 10.8. The first-order valence-electron chi connectivity index (χ1n) is 5.85. The Morgan fingerprint density at radius 3 is 2.65 bits per heavy atom. The Morgan fingerprint density at radius 2 is 2.00 bits per heavy atom. The topological polar surface area (TPSA) is 72.2 Å². The van der Waals surface area contributed by atoms with Crippen LogP contribution in [-0.4, -0.2) is 13.4 Å². The van der Waals surface area contributed by atoms with Crippen LogP contribution in [0.2, 0.25) is 0 Å². The van der Waals surface area contributed by atoms with Crippen molar-refractivity contribution >= 4 is 38.6 Å². The van der Waals surface area contributed by atoms with Crippen molar-refractivity contribution in [2.75, 3.05) is 0 Å². The van der Waals surface area contributed by atoms with Gasteiger partial charge in [0.15, 0.2) is 0 Å². The van der Waals surface area contributed by atoms with Crippen molar-refractivity contribution in [2.24, 2.45) is 5.73 Å². The van der Waals surface area contributed by atoms with E-state index >= 15 is 0 Å². The van der Waals surface area contributed by atoms with E-state index in [2.05, 4.69) is 4.72 Å². The Labute approximate surface area is 127 Å². The SMILES string of the molecule is NC(=S)c1ccccc1CS(=O)(=O)NCc1cccs1. The van der Waals surface area contributed by atoms with Gasteiger partial charge in [0.25, 0.3) is 0 Å². The number of thiophene rings is 1. The molecule has 1 aromatic carbocycles. The minimum absolute atomic E-state index is 0.133. The first kappa shape index (κ1) is 15.1. The maximum absolute atomic E-state index is 12.1. The van der Waals surface area contributed by atoms with Gasteiger partial charge in [-0.25, -0.2) is 13.1 Å². The van der Waals surface area contributed by atoms with Crippen LogP contribution in [0, 0.1) is 0 Å². The fourth-order valence-electron chi connectivity index (χ4n) is 1.74. The molecule has 0 saturated heterocycles. The molecular weight excluding hydrogens is 312 g/mol. The first-order valence-corrected chi connectivity index (χ1v) is 8.79. The summed E-state index contributed by atoms with van der Waals surface area (Å²) in [6.07, 6.45) is 0. The van der Waals surface area contributed by atoms with E-state index in [1.54, 1.807) is 24.3 Å². The highest BCUT2D eigenvalue weighted by atomic mass is 32.2. The molecule has 0 atom stereocenters. The van der Waals surface area contributed by atoms with E-state index in [1.165, 1.54) is 11.3 Å². The molecule has 0 aliphatic heterocycles. The molecule has 0 fully saturated rings. The van der Waals surface area contributed by atoms with Crippen molar-refractivity contribution in [3.8, 4) is 0 Å². The van der Waals surface area contributed by atoms with Crippen molar-refractivity contribution in [1.29, 1.82) is 0 Å². The third kappa shape index (κ3) is 4.11. The van der Waals surface area contributed by atoms with Crippen LogP contribution in [0.3, 0.4) is 0 Å². The molecule has 0 aliphatic carbocycles. The second kappa shape index (κ2) is 6.45. The molecule has 106 valence electrons. The van der Waals surface area contributed by atoms with Crippen LogP contribution in [0.1, 0.15) is 16.0 Å². The first-order chi connectivity index (χ1) is 9.48. The minimum atomic E-state index is -3.43. The number of sulfonamides is 1. The highest BCUT2D eigenvalue weighted by molar-refractivity contribution is 7.88. The smallest absolute Gasteiger partial charge is 0.216 e. The lowest BCUT2D eigenvalue weighted by Gasteiger charge is -2.09. The summed E-state index contributed by atoms with van der Waals surface area (Å²) in [7, 11) is -3.43. The molecule has 4 nitrogen and oxygen atoms in total. The molecule has 0 saturated carbocycles. The molecule has 0 unspecified atom stereocenters. The summed E-state index contributed by atoms with van der Waals surface area (Å²) in [4.78, 5) is 1.17. The minimum Gasteiger partial charge on any atom is -0.389 e. The third-order valence-electron chi connectivity index (χ3n) is 2.67. The average Bonchev–Trinajstić information content (AvgIpc) is 2.89. The molecule has 2 aromatic rings. The summed E-state index contributed by atoms with van der Waals surface area (Å²) in [5.74, 6) is -0.133. The van der Waals surface area contributed by atoms with E-state index in [0.717, 1.165) is 4.88 Å². The molecule has 20 heavy (non-hydrogen) atoms. The van der Waals surface area contributed by atoms with Crippen LogP contribution < -0.4 is 10.5 Å². The molecule has 0 amide bonds. The number of benzene rings is 1. The maximum atomic E-state index is 12.1. The van der Waals surface area contributed by atoms with Crippen LogP contribution in [0.4, 0.5) is 0 Å². The molecule has 0 aliphatic rings. The molecule has 7 heteroatoms. The highest BCUT2D eigenvalue weighted by Gasteiger charge is 2.15. The van der Waals surface area contributed by atoms with Gasteiger partial charge in [0.2, 0.25) is 10.0 Å². The Bertz CT molecular complexity index is 694. The number of hydrogen-bond acceptors (Lipinski definition) is 4. The molecule has 0 radical (unpaired) electrons. The van der Waals surface area contributed by atoms with Gasteiger partial charge in [-0.3, -0.25) is 0 Å². The van der Waals surface area contributed by atoms with Crippen molar-refractivity contribution in [1.82, 2.24) is 4.72 Å². The van der Waals surface area contributed by atoms with Crippen molar-refractivity contribution in [3.63, 3.8) is 0 Å². The fraction of sp³-hybridized carbons (Fsp3) is 0.154. The fourth-order valence-corrected chi connectivity index (χ4v) is 3.81. The zero-order chi connectivity index (χ0) is 14.6. The summed E-state index contributed by atoms with van der Waals surface area (Å²) >= 11 is 6.44. The van der Waals surface area contributed by atoms with E-state index in [9.17, 15) is 8.42 Å². The highest BCUT2D eigenvalue weighted by Crippen LogP contribution is 2.13. The molecule has 0 spiro atoms. The Balaban J connectivity index is 2.10. The van der Waals surface area contributed by atoms with Crippen LogP contribution >= 0.6 is 23.6 Å². The summed E-state index contributed by atoms with van der Waals surface area (Å²) in [5, 5.41) is 1.91. The van der Waals surface area contributed by atoms with E-state index in [4.69, 9.17) is 18.0 Å². The molecule has 2 rings (SSSR count). The van der Waals surface area contributed by atoms with E-state index in [-0.39, 0.29) is 10.7 Å². The second-order valence-electron chi connectivity index (χ2n) is 4.18. The second-order valence-corrected chi connectivity index (χ2v) is 7.46. The van der Waals surface area contributed by atoms with Crippen LogP contribution in [-0.2, 0) is 22.3 Å². The van der Waals surface area contributed by atoms with Crippen molar-refractivity contribution < 1.29 is 8.42 Å². The summed E-state index contributed by atoms with van der Waals surface area (Å²) in [5.41, 5.74) is 6.81. The number of hydrogen-bond donors (Lipinski definition) is 2. The summed E-state index contributed by atoms with van der Waals surface area (Å²) < 4.78 is 26.7. The largest absolute Gasteiger partial charge is 0.389 e. The van der Waals surface area contributed by atoms with Gasteiger partial charge in [-0.1, -0.05) is 42.5 Å². The van der Waals surface area contributed by atoms with E-state index in [0.29, 0.717) is 17.7 Å². The number of rotatable bonds is 6. The van der Waals surface area contributed by atoms with Gasteiger partial charge in [-0.15, -0.1) is 11.3 Å². The van der Waals surface area contributed by atoms with Gasteiger partial charge in [-0.05, 0) is 17.0 Å². The van der Waals surface area contributed by atoms with E-state index in [1.807, 2.05) is 17.5 Å². The lowest BCUT2D eigenvalue weighted by atomic mass is 10.1. The van der Waals surface area contributed by atoms with E-state index < -0.39 is 10.0 Å². The molecular formula is C13H14N2O2S3. The average molecular weight is 326 g/mol. The van der Waals surface area contributed by atoms with Gasteiger partial charge < -0.3 is 5.73 Å². The molecule has 0 bridgehead atoms. The lowest BCUT2D eigenvalue weighted by Crippen LogP contribution is -2.25. The van der Waals surface area contributed by atoms with Crippen molar-refractivity contribution in [3.05, 3.63) is 57.8 Å². The van der Waals surface area contributed by atoms with Gasteiger partial charge >= 0.3 is 0 Å². The van der Waals surface area contributed by atoms with Crippen molar-refractivity contribution in [2.45, 2.75) is 12.3 Å². The van der Waals surface area contributed by atoms with Gasteiger partial charge in [0, 0.05) is 17.0 Å². The van der Waals surface area contributed by atoms with Crippen LogP contribution in [0.5, 0.6) is 0 Å². The van der Waals surface area contributed by atoms with Crippen LogP contribution in [0.25, 0.3) is 0 Å². The van der Waals surface area contributed by atoms with Gasteiger partial charge in [0.05, 0.1) is 5.75 Å². The predicted octanol–water partition coefficient (Wildman–Crippen LogP) is 2.00. The Hall–Kier alpha value is -1.28. The number of thiocarbonyl (C=S) groups is 1. The normalized spacial score (nSPS) is 11.4. The lowest BCUT2D eigenvalue weighted by molar-refractivity contribution is 0.581. The maximum Gasteiger partial charge on any atom is 0.216 e. The quantitative estimate of drug-likeness (QED) is 0.797. The standard InChI is InChI=1S/C13H14N2O2S3/c14-13(18)12-6-2-1-4-10(12)9-20(16,17)15-8-11-5-3-7-19-11/h1-7,15H,8-9H2,(H2,14,18). The summed E-state index contributed by atoms with van der Waals surface area (Å²) in [6.45, 7) is 0.301.